The van der Waals surface area contributed by atoms with E-state index in [0.717, 1.165) is 36.2 Å². The van der Waals surface area contributed by atoms with Crippen LogP contribution >= 0.6 is 11.8 Å². The Labute approximate surface area is 157 Å². The van der Waals surface area contributed by atoms with Gasteiger partial charge in [-0.2, -0.15) is 10.1 Å². The van der Waals surface area contributed by atoms with Gasteiger partial charge < -0.3 is 4.74 Å². The number of carbonyl (C=O) groups excluding carboxylic acids is 2. The minimum atomic E-state index is -0.586. The van der Waals surface area contributed by atoms with Crippen LogP contribution in [-0.2, 0) is 20.9 Å². The molecule has 6 nitrogen and oxygen atoms in total. The molecule has 2 rings (SSSR count). The van der Waals surface area contributed by atoms with E-state index in [-0.39, 0.29) is 4.91 Å². The van der Waals surface area contributed by atoms with E-state index in [4.69, 9.17) is 0 Å². The van der Waals surface area contributed by atoms with Crippen molar-refractivity contribution in [1.82, 2.24) is 5.01 Å². The number of carbonyl (C=O) groups is 2. The molecule has 1 aliphatic heterocycles. The van der Waals surface area contributed by atoms with Crippen molar-refractivity contribution < 1.29 is 14.3 Å². The van der Waals surface area contributed by atoms with Crippen LogP contribution in [0.1, 0.15) is 25.3 Å². The predicted octanol–water partition coefficient (Wildman–Crippen LogP) is 3.52. The van der Waals surface area contributed by atoms with E-state index in [1.54, 1.807) is 12.3 Å². The Kier molecular flexibility index (Phi) is 7.82. The Bertz CT molecular complexity index is 755. The molecule has 1 heterocycles. The first kappa shape index (κ1) is 19.7. The molecule has 0 bridgehead atoms. The first-order chi connectivity index (χ1) is 12.7. The smallest absolute Gasteiger partial charge is 0.331 e. The molecular formula is C19H21N3O3S. The van der Waals surface area contributed by atoms with Crippen molar-refractivity contribution >= 4 is 35.0 Å². The summed E-state index contributed by atoms with van der Waals surface area (Å²) in [7, 11) is 1.27. The number of ether oxygens (including phenoxy) is 1. The van der Waals surface area contributed by atoms with Gasteiger partial charge in [0.05, 0.1) is 18.6 Å². The van der Waals surface area contributed by atoms with Gasteiger partial charge in [0.2, 0.25) is 0 Å². The number of hydrazone groups is 1. The highest BCUT2D eigenvalue weighted by Crippen LogP contribution is 2.31. The summed E-state index contributed by atoms with van der Waals surface area (Å²) in [6.45, 7) is 2.50. The Morgan fingerprint density at radius 2 is 2.08 bits per heavy atom. The topological polar surface area (TPSA) is 71.3 Å². The van der Waals surface area contributed by atoms with Crippen LogP contribution in [0.15, 0.2) is 63.6 Å². The first-order valence-electron chi connectivity index (χ1n) is 8.25. The molecule has 26 heavy (non-hydrogen) atoms. The third kappa shape index (κ3) is 5.70. The van der Waals surface area contributed by atoms with Crippen molar-refractivity contribution in [3.05, 3.63) is 59.0 Å². The van der Waals surface area contributed by atoms with Crippen LogP contribution in [0.2, 0.25) is 0 Å². The standard InChI is InChI=1S/C19H21N3O3S/c1-3-4-5-9-12-21-22-18(24)16(13-17(23)25-2)26-19(22)20-14-15-10-7-6-8-11-15/h5-13H,3-4,14H2,1-2H3/b9-5+,16-13-,20-19?,21-12+. The van der Waals surface area contributed by atoms with Gasteiger partial charge in [0.15, 0.2) is 5.17 Å². The van der Waals surface area contributed by atoms with Crippen LogP contribution in [0, 0.1) is 0 Å². The number of nitrogens with zero attached hydrogens (tertiary/aromatic N) is 3. The van der Waals surface area contributed by atoms with Gasteiger partial charge in [-0.3, -0.25) is 9.79 Å². The number of amides is 1. The van der Waals surface area contributed by atoms with Crippen LogP contribution in [0.4, 0.5) is 0 Å². The van der Waals surface area contributed by atoms with Gasteiger partial charge in [0.1, 0.15) is 0 Å². The van der Waals surface area contributed by atoms with Gasteiger partial charge >= 0.3 is 5.97 Å². The van der Waals surface area contributed by atoms with E-state index < -0.39 is 11.9 Å². The molecule has 0 N–H and O–H groups in total. The lowest BCUT2D eigenvalue weighted by atomic mass is 10.2. The Morgan fingerprint density at radius 1 is 1.31 bits per heavy atom. The van der Waals surface area contributed by atoms with Crippen LogP contribution in [-0.4, -0.2) is 35.4 Å². The van der Waals surface area contributed by atoms with E-state index in [2.05, 4.69) is 21.8 Å². The van der Waals surface area contributed by atoms with Gasteiger partial charge in [0.25, 0.3) is 5.91 Å². The van der Waals surface area contributed by atoms with E-state index in [9.17, 15) is 9.59 Å². The molecule has 1 amide bonds. The average Bonchev–Trinajstić information content (AvgIpc) is 2.95. The SMILES string of the molecule is CCC/C=C/C=N/N1C(=O)/C(=C/C(=O)OC)SC1=NCc1ccccc1. The molecule has 1 saturated heterocycles. The van der Waals surface area contributed by atoms with Crippen molar-refractivity contribution in [1.29, 1.82) is 0 Å². The van der Waals surface area contributed by atoms with E-state index >= 15 is 0 Å². The number of thioether (sulfide) groups is 1. The maximum Gasteiger partial charge on any atom is 0.331 e. The number of unbranched alkanes of at least 4 members (excludes halogenated alkanes) is 1. The second-order valence-electron chi connectivity index (χ2n) is 5.32. The van der Waals surface area contributed by atoms with Crippen molar-refractivity contribution in [2.24, 2.45) is 10.1 Å². The summed E-state index contributed by atoms with van der Waals surface area (Å²) in [5, 5.41) is 5.81. The number of esters is 1. The molecule has 136 valence electrons. The fraction of sp³-hybridized carbons (Fsp3) is 0.263. The number of amidine groups is 1. The summed E-state index contributed by atoms with van der Waals surface area (Å²) in [4.78, 5) is 28.7. The summed E-state index contributed by atoms with van der Waals surface area (Å²) >= 11 is 1.11. The molecule has 0 spiro atoms. The zero-order valence-electron chi connectivity index (χ0n) is 14.8. The lowest BCUT2D eigenvalue weighted by molar-refractivity contribution is -0.135. The molecule has 0 saturated carbocycles. The van der Waals surface area contributed by atoms with Crippen LogP contribution in [0.3, 0.4) is 0 Å². The van der Waals surface area contributed by atoms with Gasteiger partial charge in [-0.1, -0.05) is 49.8 Å². The third-order valence-corrected chi connectivity index (χ3v) is 4.33. The largest absolute Gasteiger partial charge is 0.466 e. The van der Waals surface area contributed by atoms with Crippen LogP contribution in [0.5, 0.6) is 0 Å². The maximum absolute atomic E-state index is 12.5. The van der Waals surface area contributed by atoms with Crippen molar-refractivity contribution in [2.75, 3.05) is 7.11 Å². The van der Waals surface area contributed by atoms with Gasteiger partial charge in [0, 0.05) is 12.3 Å². The first-order valence-corrected chi connectivity index (χ1v) is 9.06. The third-order valence-electron chi connectivity index (χ3n) is 3.34. The van der Waals surface area contributed by atoms with Crippen LogP contribution < -0.4 is 0 Å². The highest BCUT2D eigenvalue weighted by Gasteiger charge is 2.34. The Morgan fingerprint density at radius 3 is 2.77 bits per heavy atom. The van der Waals surface area contributed by atoms with Crippen molar-refractivity contribution in [2.45, 2.75) is 26.3 Å². The average molecular weight is 371 g/mol. The molecule has 1 fully saturated rings. The number of methoxy groups -OCH3 is 1. The second-order valence-corrected chi connectivity index (χ2v) is 6.33. The molecule has 1 aromatic rings. The van der Waals surface area contributed by atoms with Gasteiger partial charge in [-0.05, 0) is 29.8 Å². The fourth-order valence-electron chi connectivity index (χ4n) is 2.01. The second kappa shape index (κ2) is 10.4. The maximum atomic E-state index is 12.5. The molecule has 7 heteroatoms. The summed E-state index contributed by atoms with van der Waals surface area (Å²) in [6, 6.07) is 9.70. The van der Waals surface area contributed by atoms with Gasteiger partial charge in [-0.25, -0.2) is 4.79 Å². The minimum absolute atomic E-state index is 0.235. The fourth-order valence-corrected chi connectivity index (χ4v) is 2.88. The zero-order chi connectivity index (χ0) is 18.8. The number of hydrogen-bond donors (Lipinski definition) is 0. The summed E-state index contributed by atoms with van der Waals surface area (Å²) in [6.07, 6.45) is 8.46. The van der Waals surface area contributed by atoms with Crippen molar-refractivity contribution in [3.8, 4) is 0 Å². The van der Waals surface area contributed by atoms with Gasteiger partial charge in [-0.15, -0.1) is 0 Å². The van der Waals surface area contributed by atoms with Crippen molar-refractivity contribution in [3.63, 3.8) is 0 Å². The summed E-state index contributed by atoms with van der Waals surface area (Å²) in [5.41, 5.74) is 1.02. The lowest BCUT2D eigenvalue weighted by Gasteiger charge is -2.07. The zero-order valence-corrected chi connectivity index (χ0v) is 15.6. The summed E-state index contributed by atoms with van der Waals surface area (Å²) < 4.78 is 4.60. The number of hydrogen-bond acceptors (Lipinski definition) is 6. The molecule has 0 aliphatic carbocycles. The molecule has 0 radical (unpaired) electrons. The monoisotopic (exact) mass is 371 g/mol. The lowest BCUT2D eigenvalue weighted by Crippen LogP contribution is -2.23. The molecule has 1 aliphatic rings. The number of aliphatic imine (C=N–C) groups is 1. The molecule has 0 aromatic heterocycles. The number of rotatable bonds is 7. The number of benzene rings is 1. The molecule has 1 aromatic carbocycles. The Balaban J connectivity index is 2.21. The molecule has 0 unspecified atom stereocenters. The molecular weight excluding hydrogens is 350 g/mol. The predicted molar refractivity (Wildman–Crippen MR) is 105 cm³/mol. The highest BCUT2D eigenvalue weighted by molar-refractivity contribution is 8.18. The van der Waals surface area contributed by atoms with E-state index in [1.807, 2.05) is 36.4 Å². The quantitative estimate of drug-likeness (QED) is 0.418. The number of allylic oxidation sites excluding steroid dienone is 2. The summed E-state index contributed by atoms with van der Waals surface area (Å²) in [5.74, 6) is -0.982. The normalized spacial score (nSPS) is 17.9. The highest BCUT2D eigenvalue weighted by atomic mass is 32.2. The van der Waals surface area contributed by atoms with E-state index in [0.29, 0.717) is 11.7 Å². The van der Waals surface area contributed by atoms with Crippen LogP contribution in [0.25, 0.3) is 0 Å². The minimum Gasteiger partial charge on any atom is -0.466 e. The van der Waals surface area contributed by atoms with E-state index in [1.165, 1.54) is 12.1 Å². The molecule has 0 atom stereocenters. The Hall–Kier alpha value is -2.67.